The number of nitrogens with zero attached hydrogens (tertiary/aromatic N) is 2. The summed E-state index contributed by atoms with van der Waals surface area (Å²) in [6.07, 6.45) is 6.51. The maximum absolute atomic E-state index is 13.3. The number of benzene rings is 1. The van der Waals surface area contributed by atoms with Crippen LogP contribution in [0.1, 0.15) is 57.6 Å². The Bertz CT molecular complexity index is 813. The maximum Gasteiger partial charge on any atom is 0.259 e. The van der Waals surface area contributed by atoms with Gasteiger partial charge in [0.2, 0.25) is 0 Å². The van der Waals surface area contributed by atoms with Crippen molar-refractivity contribution in [1.82, 2.24) is 4.98 Å². The Hall–Kier alpha value is -2.33. The number of carbonyl (C=O) groups is 1. The van der Waals surface area contributed by atoms with Gasteiger partial charge in [0.15, 0.2) is 0 Å². The van der Waals surface area contributed by atoms with Crippen LogP contribution in [0.2, 0.25) is 5.02 Å². The van der Waals surface area contributed by atoms with Crippen LogP contribution in [0, 0.1) is 0 Å². The van der Waals surface area contributed by atoms with Gasteiger partial charge >= 0.3 is 0 Å². The van der Waals surface area contributed by atoms with Crippen molar-refractivity contribution >= 4 is 34.6 Å². The minimum absolute atomic E-state index is 0.120. The third-order valence-corrected chi connectivity index (χ3v) is 4.91. The van der Waals surface area contributed by atoms with Crippen LogP contribution in [0.25, 0.3) is 5.57 Å². The molecule has 1 aromatic carbocycles. The number of amides is 1. The molecule has 0 saturated heterocycles. The molecule has 1 amide bonds. The summed E-state index contributed by atoms with van der Waals surface area (Å²) in [6.45, 7) is 10.2. The molecular weight excluding hydrogens is 370 g/mol. The zero-order valence-electron chi connectivity index (χ0n) is 17.0. The van der Waals surface area contributed by atoms with E-state index >= 15 is 0 Å². The number of pyridine rings is 1. The standard InChI is InChI=1S/C21H24ClN3O.C2H6/c1-3-4-5-18-19(23)12-13-24-20(18)25(17-10-11-17)21(26)14(2)15-6-8-16(22)9-7-15;1-2/h6-9,12-13,17H,2-5,10-11H2,1H3,(H2,23,24);1-2H3. The molecule has 2 N–H and O–H groups in total. The zero-order chi connectivity index (χ0) is 20.7. The lowest BCUT2D eigenvalue weighted by atomic mass is 10.0. The number of halogens is 1. The summed E-state index contributed by atoms with van der Waals surface area (Å²) in [5, 5.41) is 0.632. The van der Waals surface area contributed by atoms with Gasteiger partial charge in [-0.25, -0.2) is 4.98 Å². The molecule has 1 aliphatic carbocycles. The van der Waals surface area contributed by atoms with Gasteiger partial charge in [-0.05, 0) is 49.4 Å². The van der Waals surface area contributed by atoms with Crippen LogP contribution < -0.4 is 10.6 Å². The van der Waals surface area contributed by atoms with Crippen molar-refractivity contribution in [2.75, 3.05) is 10.6 Å². The fourth-order valence-electron chi connectivity index (χ4n) is 3.00. The molecule has 0 spiro atoms. The molecule has 1 heterocycles. The molecule has 28 heavy (non-hydrogen) atoms. The van der Waals surface area contributed by atoms with Gasteiger partial charge < -0.3 is 5.73 Å². The van der Waals surface area contributed by atoms with Crippen LogP contribution in [0.3, 0.4) is 0 Å². The fraction of sp³-hybridized carbons (Fsp3) is 0.391. The van der Waals surface area contributed by atoms with E-state index in [1.807, 2.05) is 26.0 Å². The minimum Gasteiger partial charge on any atom is -0.398 e. The first-order valence-corrected chi connectivity index (χ1v) is 10.4. The van der Waals surface area contributed by atoms with Crippen LogP contribution >= 0.6 is 11.6 Å². The van der Waals surface area contributed by atoms with E-state index in [9.17, 15) is 4.79 Å². The van der Waals surface area contributed by atoms with Crippen molar-refractivity contribution in [3.63, 3.8) is 0 Å². The SMILES string of the molecule is C=C(C(=O)N(c1nccc(N)c1CCCC)C1CC1)c1ccc(Cl)cc1.CC. The highest BCUT2D eigenvalue weighted by molar-refractivity contribution is 6.31. The topological polar surface area (TPSA) is 59.2 Å². The molecule has 5 heteroatoms. The third-order valence-electron chi connectivity index (χ3n) is 4.66. The number of nitrogens with two attached hydrogens (primary N) is 1. The van der Waals surface area contributed by atoms with E-state index in [0.717, 1.165) is 43.2 Å². The number of rotatable bonds is 7. The molecule has 0 radical (unpaired) electrons. The van der Waals surface area contributed by atoms with E-state index in [2.05, 4.69) is 18.5 Å². The van der Waals surface area contributed by atoms with E-state index in [4.69, 9.17) is 17.3 Å². The summed E-state index contributed by atoms with van der Waals surface area (Å²) in [4.78, 5) is 19.6. The summed E-state index contributed by atoms with van der Waals surface area (Å²) in [7, 11) is 0. The van der Waals surface area contributed by atoms with Crippen LogP contribution in [0.5, 0.6) is 0 Å². The Morgan fingerprint density at radius 2 is 1.89 bits per heavy atom. The Labute approximate surface area is 173 Å². The lowest BCUT2D eigenvalue weighted by Crippen LogP contribution is -2.35. The van der Waals surface area contributed by atoms with Gasteiger partial charge in [0.25, 0.3) is 5.91 Å². The monoisotopic (exact) mass is 399 g/mol. The second kappa shape index (κ2) is 10.3. The number of hydrogen-bond acceptors (Lipinski definition) is 3. The van der Waals surface area contributed by atoms with Gasteiger partial charge in [-0.3, -0.25) is 9.69 Å². The van der Waals surface area contributed by atoms with Gasteiger partial charge in [-0.2, -0.15) is 0 Å². The molecule has 2 aromatic rings. The van der Waals surface area contributed by atoms with Crippen molar-refractivity contribution in [2.24, 2.45) is 0 Å². The summed E-state index contributed by atoms with van der Waals surface area (Å²) >= 11 is 5.95. The molecule has 0 bridgehead atoms. The van der Waals surface area contributed by atoms with Crippen LogP contribution in [-0.4, -0.2) is 16.9 Å². The average Bonchev–Trinajstić information content (AvgIpc) is 3.54. The van der Waals surface area contributed by atoms with Crippen LogP contribution in [0.15, 0.2) is 43.1 Å². The molecule has 0 unspecified atom stereocenters. The van der Waals surface area contributed by atoms with Crippen molar-refractivity contribution in [1.29, 1.82) is 0 Å². The second-order valence-electron chi connectivity index (χ2n) is 6.70. The Kier molecular flexibility index (Phi) is 8.06. The number of carbonyl (C=O) groups excluding carboxylic acids is 1. The van der Waals surface area contributed by atoms with E-state index in [1.54, 1.807) is 29.3 Å². The molecule has 150 valence electrons. The first kappa shape index (κ1) is 22.0. The zero-order valence-corrected chi connectivity index (χ0v) is 17.8. The molecule has 1 fully saturated rings. The summed E-state index contributed by atoms with van der Waals surface area (Å²) in [6, 6.07) is 9.14. The summed E-state index contributed by atoms with van der Waals surface area (Å²) < 4.78 is 0. The molecule has 3 rings (SSSR count). The van der Waals surface area contributed by atoms with Crippen molar-refractivity contribution < 1.29 is 4.79 Å². The normalized spacial score (nSPS) is 12.7. The van der Waals surface area contributed by atoms with Gasteiger partial charge in [-0.15, -0.1) is 0 Å². The first-order chi connectivity index (χ1) is 13.5. The smallest absolute Gasteiger partial charge is 0.259 e. The maximum atomic E-state index is 13.3. The summed E-state index contributed by atoms with van der Waals surface area (Å²) in [5.41, 5.74) is 9.07. The number of nitrogen functional groups attached to an aromatic ring is 1. The van der Waals surface area contributed by atoms with E-state index < -0.39 is 0 Å². The van der Waals surface area contributed by atoms with E-state index in [-0.39, 0.29) is 11.9 Å². The van der Waals surface area contributed by atoms with Crippen LogP contribution in [0.4, 0.5) is 11.5 Å². The Morgan fingerprint density at radius 1 is 1.25 bits per heavy atom. The minimum atomic E-state index is -0.120. The summed E-state index contributed by atoms with van der Waals surface area (Å²) in [5.74, 6) is 0.562. The largest absolute Gasteiger partial charge is 0.398 e. The van der Waals surface area contributed by atoms with Crippen LogP contribution in [-0.2, 0) is 11.2 Å². The van der Waals surface area contributed by atoms with E-state index in [1.165, 1.54) is 0 Å². The highest BCUT2D eigenvalue weighted by Gasteiger charge is 2.37. The second-order valence-corrected chi connectivity index (χ2v) is 7.13. The fourth-order valence-corrected chi connectivity index (χ4v) is 3.13. The molecule has 1 saturated carbocycles. The molecule has 1 aromatic heterocycles. The molecule has 0 atom stereocenters. The van der Waals surface area contributed by atoms with Gasteiger partial charge in [0.1, 0.15) is 5.82 Å². The van der Waals surface area contributed by atoms with E-state index in [0.29, 0.717) is 22.1 Å². The molecular formula is C23H30ClN3O. The van der Waals surface area contributed by atoms with Gasteiger partial charge in [-0.1, -0.05) is 57.5 Å². The number of aromatic nitrogens is 1. The quantitative estimate of drug-likeness (QED) is 0.590. The predicted molar refractivity (Wildman–Crippen MR) is 120 cm³/mol. The molecule has 4 nitrogen and oxygen atoms in total. The van der Waals surface area contributed by atoms with Crippen molar-refractivity contribution in [2.45, 2.75) is 58.9 Å². The molecule has 0 aliphatic heterocycles. The first-order valence-electron chi connectivity index (χ1n) is 10.0. The Morgan fingerprint density at radius 3 is 2.46 bits per heavy atom. The number of anilines is 2. The Balaban J connectivity index is 0.00000136. The highest BCUT2D eigenvalue weighted by atomic mass is 35.5. The third kappa shape index (κ3) is 5.14. The molecule has 1 aliphatic rings. The number of unbranched alkanes of at least 4 members (excludes halogenated alkanes) is 1. The number of hydrogen-bond donors (Lipinski definition) is 1. The van der Waals surface area contributed by atoms with Crippen molar-refractivity contribution in [3.05, 3.63) is 59.3 Å². The predicted octanol–water partition coefficient (Wildman–Crippen LogP) is 5.89. The van der Waals surface area contributed by atoms with Gasteiger partial charge in [0.05, 0.1) is 0 Å². The lowest BCUT2D eigenvalue weighted by molar-refractivity contribution is -0.113. The average molecular weight is 400 g/mol. The van der Waals surface area contributed by atoms with Gasteiger partial charge in [0, 0.05) is 34.1 Å². The van der Waals surface area contributed by atoms with Crippen molar-refractivity contribution in [3.8, 4) is 0 Å². The lowest BCUT2D eigenvalue weighted by Gasteiger charge is -2.25. The highest BCUT2D eigenvalue weighted by Crippen LogP contribution is 2.36.